The van der Waals surface area contributed by atoms with Crippen molar-refractivity contribution in [2.45, 2.75) is 20.0 Å². The summed E-state index contributed by atoms with van der Waals surface area (Å²) in [4.78, 5) is 13.2. The zero-order chi connectivity index (χ0) is 17.1. The van der Waals surface area contributed by atoms with E-state index in [1.165, 1.54) is 0 Å². The van der Waals surface area contributed by atoms with E-state index in [1.54, 1.807) is 16.5 Å². The number of rotatable bonds is 4. The van der Waals surface area contributed by atoms with Crippen molar-refractivity contribution in [3.63, 3.8) is 0 Å². The lowest BCUT2D eigenvalue weighted by molar-refractivity contribution is -0.137. The Kier molecular flexibility index (Phi) is 4.71. The average Bonchev–Trinajstić information content (AvgIpc) is 2.89. The Morgan fingerprint density at radius 1 is 1.42 bits per heavy atom. The Balaban J connectivity index is 1.69. The lowest BCUT2D eigenvalue weighted by atomic mass is 10.3. The summed E-state index contributed by atoms with van der Waals surface area (Å²) in [5, 5.41) is 4.45. The van der Waals surface area contributed by atoms with Crippen molar-refractivity contribution >= 4 is 11.7 Å². The minimum atomic E-state index is -0.162. The number of morpholine rings is 1. The van der Waals surface area contributed by atoms with Gasteiger partial charge in [0.05, 0.1) is 24.4 Å². The molecule has 0 bridgehead atoms. The molecule has 128 valence electrons. The summed E-state index contributed by atoms with van der Waals surface area (Å²) in [5.41, 5.74) is 7.81. The molecule has 3 rings (SSSR count). The van der Waals surface area contributed by atoms with Crippen LogP contribution in [0, 0.1) is 6.92 Å². The van der Waals surface area contributed by atoms with Gasteiger partial charge in [0.2, 0.25) is 11.8 Å². The van der Waals surface area contributed by atoms with E-state index in [0.717, 1.165) is 11.3 Å². The van der Waals surface area contributed by atoms with Crippen molar-refractivity contribution in [1.29, 1.82) is 0 Å². The summed E-state index contributed by atoms with van der Waals surface area (Å²) in [5.74, 6) is 1.09. The molecule has 24 heavy (non-hydrogen) atoms. The molecule has 1 aromatic heterocycles. The number of carbonyl (C=O) groups is 1. The largest absolute Gasteiger partial charge is 0.474 e. The highest BCUT2D eigenvalue weighted by Crippen LogP contribution is 2.25. The summed E-state index contributed by atoms with van der Waals surface area (Å²) < 4.78 is 13.1. The van der Waals surface area contributed by atoms with E-state index < -0.39 is 0 Å². The highest BCUT2D eigenvalue weighted by atomic mass is 16.5. The molecule has 7 heteroatoms. The fraction of sp³-hybridized carbons (Fsp3) is 0.412. The number of hydrogen-bond donors (Lipinski definition) is 1. The zero-order valence-electron chi connectivity index (χ0n) is 13.9. The predicted octanol–water partition coefficient (Wildman–Crippen LogP) is 1.39. The van der Waals surface area contributed by atoms with Crippen molar-refractivity contribution in [2.75, 3.05) is 32.0 Å². The molecule has 0 aliphatic carbocycles. The lowest BCUT2D eigenvalue weighted by Gasteiger charge is -2.31. The number of nitrogens with zero attached hydrogens (tertiary/aromatic N) is 3. The van der Waals surface area contributed by atoms with Crippen LogP contribution in [0.2, 0.25) is 0 Å². The molecule has 0 radical (unpaired) electrons. The van der Waals surface area contributed by atoms with Gasteiger partial charge in [-0.1, -0.05) is 18.2 Å². The van der Waals surface area contributed by atoms with Gasteiger partial charge in [-0.05, 0) is 19.1 Å². The molecular formula is C17H22N4O3. The first-order chi connectivity index (χ1) is 11.6. The highest BCUT2D eigenvalue weighted by Gasteiger charge is 2.24. The van der Waals surface area contributed by atoms with Crippen LogP contribution in [-0.2, 0) is 9.53 Å². The molecule has 1 saturated heterocycles. The van der Waals surface area contributed by atoms with E-state index >= 15 is 0 Å². The molecule has 0 saturated carbocycles. The number of carbonyl (C=O) groups excluding carboxylic acids is 1. The van der Waals surface area contributed by atoms with Gasteiger partial charge in [0.15, 0.2) is 0 Å². The number of para-hydroxylation sites is 1. The smallest absolute Gasteiger partial charge is 0.238 e. The SMILES string of the molecule is CC(=O)N1CCOC(COc2nn(-c3ccccc3)c(N)c2C)C1. The van der Waals surface area contributed by atoms with Crippen LogP contribution in [0.3, 0.4) is 0 Å². The molecule has 1 unspecified atom stereocenters. The molecule has 1 fully saturated rings. The molecule has 2 heterocycles. The number of benzene rings is 1. The summed E-state index contributed by atoms with van der Waals surface area (Å²) in [7, 11) is 0. The maximum atomic E-state index is 11.5. The second kappa shape index (κ2) is 6.92. The molecule has 7 nitrogen and oxygen atoms in total. The van der Waals surface area contributed by atoms with Crippen molar-refractivity contribution in [3.05, 3.63) is 35.9 Å². The monoisotopic (exact) mass is 330 g/mol. The van der Waals surface area contributed by atoms with Crippen molar-refractivity contribution < 1.29 is 14.3 Å². The third-order valence-electron chi connectivity index (χ3n) is 4.11. The number of aromatic nitrogens is 2. The summed E-state index contributed by atoms with van der Waals surface area (Å²) in [6.07, 6.45) is -0.162. The van der Waals surface area contributed by atoms with Gasteiger partial charge in [-0.3, -0.25) is 4.79 Å². The number of amides is 1. The van der Waals surface area contributed by atoms with Crippen LogP contribution in [-0.4, -0.2) is 53.0 Å². The molecule has 1 aromatic carbocycles. The number of ether oxygens (including phenoxy) is 2. The molecule has 1 amide bonds. The highest BCUT2D eigenvalue weighted by molar-refractivity contribution is 5.73. The predicted molar refractivity (Wildman–Crippen MR) is 90.2 cm³/mol. The Morgan fingerprint density at radius 2 is 2.17 bits per heavy atom. The minimum Gasteiger partial charge on any atom is -0.474 e. The Labute approximate surface area is 140 Å². The van der Waals surface area contributed by atoms with E-state index in [2.05, 4.69) is 5.10 Å². The van der Waals surface area contributed by atoms with E-state index in [4.69, 9.17) is 15.2 Å². The van der Waals surface area contributed by atoms with Gasteiger partial charge >= 0.3 is 0 Å². The maximum absolute atomic E-state index is 11.5. The van der Waals surface area contributed by atoms with Crippen LogP contribution in [0.5, 0.6) is 5.88 Å². The Morgan fingerprint density at radius 3 is 2.88 bits per heavy atom. The van der Waals surface area contributed by atoms with Crippen LogP contribution < -0.4 is 10.5 Å². The normalized spacial score (nSPS) is 17.8. The molecule has 1 aliphatic heterocycles. The molecular weight excluding hydrogens is 308 g/mol. The minimum absolute atomic E-state index is 0.0529. The third kappa shape index (κ3) is 3.35. The van der Waals surface area contributed by atoms with Crippen LogP contribution in [0.25, 0.3) is 5.69 Å². The van der Waals surface area contributed by atoms with Gasteiger partial charge in [0, 0.05) is 13.5 Å². The van der Waals surface area contributed by atoms with Crippen LogP contribution in [0.1, 0.15) is 12.5 Å². The molecule has 2 N–H and O–H groups in total. The third-order valence-corrected chi connectivity index (χ3v) is 4.11. The van der Waals surface area contributed by atoms with Crippen LogP contribution >= 0.6 is 0 Å². The van der Waals surface area contributed by atoms with E-state index in [0.29, 0.717) is 38.0 Å². The van der Waals surface area contributed by atoms with E-state index in [-0.39, 0.29) is 12.0 Å². The first-order valence-corrected chi connectivity index (χ1v) is 7.96. The van der Waals surface area contributed by atoms with Gasteiger partial charge in [-0.2, -0.15) is 0 Å². The quantitative estimate of drug-likeness (QED) is 0.916. The van der Waals surface area contributed by atoms with Gasteiger partial charge in [-0.15, -0.1) is 5.10 Å². The van der Waals surface area contributed by atoms with Crippen LogP contribution in [0.15, 0.2) is 30.3 Å². The summed E-state index contributed by atoms with van der Waals surface area (Å²) in [6, 6.07) is 9.66. The van der Waals surface area contributed by atoms with Gasteiger partial charge in [0.25, 0.3) is 0 Å². The second-order valence-corrected chi connectivity index (χ2v) is 5.83. The fourth-order valence-corrected chi connectivity index (χ4v) is 2.67. The number of anilines is 1. The molecule has 1 aliphatic rings. The zero-order valence-corrected chi connectivity index (χ0v) is 13.9. The first-order valence-electron chi connectivity index (χ1n) is 7.96. The second-order valence-electron chi connectivity index (χ2n) is 5.83. The maximum Gasteiger partial charge on any atom is 0.238 e. The number of nitrogens with two attached hydrogens (primary N) is 1. The van der Waals surface area contributed by atoms with Gasteiger partial charge < -0.3 is 20.1 Å². The Hall–Kier alpha value is -2.54. The van der Waals surface area contributed by atoms with Crippen LogP contribution in [0.4, 0.5) is 5.82 Å². The van der Waals surface area contributed by atoms with E-state index in [9.17, 15) is 4.79 Å². The van der Waals surface area contributed by atoms with Gasteiger partial charge in [-0.25, -0.2) is 4.68 Å². The molecule has 2 aromatic rings. The van der Waals surface area contributed by atoms with Crippen molar-refractivity contribution in [3.8, 4) is 11.6 Å². The average molecular weight is 330 g/mol. The lowest BCUT2D eigenvalue weighted by Crippen LogP contribution is -2.46. The summed E-state index contributed by atoms with van der Waals surface area (Å²) >= 11 is 0. The summed E-state index contributed by atoms with van der Waals surface area (Å²) in [6.45, 7) is 5.45. The van der Waals surface area contributed by atoms with Gasteiger partial charge in [0.1, 0.15) is 18.5 Å². The van der Waals surface area contributed by atoms with E-state index in [1.807, 2.05) is 37.3 Å². The Bertz CT molecular complexity index is 714. The first kappa shape index (κ1) is 16.3. The fourth-order valence-electron chi connectivity index (χ4n) is 2.67. The number of nitrogen functional groups attached to an aromatic ring is 1. The standard InChI is InChI=1S/C17H22N4O3/c1-12-16(18)21(14-6-4-3-5-7-14)19-17(12)24-11-15-10-20(13(2)22)8-9-23-15/h3-7,15H,8-11,18H2,1-2H3. The molecule has 0 spiro atoms. The van der Waals surface area contributed by atoms with Crippen molar-refractivity contribution in [2.24, 2.45) is 0 Å². The van der Waals surface area contributed by atoms with Crippen molar-refractivity contribution in [1.82, 2.24) is 14.7 Å². The topological polar surface area (TPSA) is 82.6 Å². The number of hydrogen-bond acceptors (Lipinski definition) is 5. The molecule has 1 atom stereocenters.